The molecular weight excluding hydrogens is 216 g/mol. The second-order valence-corrected chi connectivity index (χ2v) is 5.66. The van der Waals surface area contributed by atoms with Crippen LogP contribution in [0.25, 0.3) is 0 Å². The van der Waals surface area contributed by atoms with E-state index < -0.39 is 11.7 Å². The number of rotatable bonds is 6. The molecular formula is C14H26O3. The van der Waals surface area contributed by atoms with Gasteiger partial charge in [0.25, 0.3) is 0 Å². The zero-order chi connectivity index (χ0) is 13.5. The molecule has 0 aromatic carbocycles. The van der Waals surface area contributed by atoms with Crippen LogP contribution in [0.4, 0.5) is 0 Å². The molecule has 0 saturated carbocycles. The van der Waals surface area contributed by atoms with Crippen LogP contribution in [-0.4, -0.2) is 22.8 Å². The Kier molecular flexibility index (Phi) is 7.12. The highest BCUT2D eigenvalue weighted by Crippen LogP contribution is 2.12. The van der Waals surface area contributed by atoms with Crippen molar-refractivity contribution in [3.8, 4) is 0 Å². The summed E-state index contributed by atoms with van der Waals surface area (Å²) in [6, 6.07) is 0. The van der Waals surface area contributed by atoms with Crippen LogP contribution in [0, 0.1) is 0 Å². The fourth-order valence-electron chi connectivity index (χ4n) is 1.42. The van der Waals surface area contributed by atoms with Crippen LogP contribution in [0.5, 0.6) is 0 Å². The molecule has 100 valence electrons. The first-order valence-corrected chi connectivity index (χ1v) is 6.24. The minimum absolute atomic E-state index is 0.0894. The molecule has 3 nitrogen and oxygen atoms in total. The van der Waals surface area contributed by atoms with Gasteiger partial charge in [-0.05, 0) is 53.9 Å². The van der Waals surface area contributed by atoms with Crippen molar-refractivity contribution in [2.24, 2.45) is 0 Å². The van der Waals surface area contributed by atoms with Gasteiger partial charge >= 0.3 is 5.97 Å². The summed E-state index contributed by atoms with van der Waals surface area (Å²) in [4.78, 5) is 11.4. The molecule has 17 heavy (non-hydrogen) atoms. The molecule has 0 unspecified atom stereocenters. The predicted octanol–water partition coefficient (Wildman–Crippen LogP) is 3.22. The van der Waals surface area contributed by atoms with Crippen LogP contribution < -0.4 is 0 Å². The lowest BCUT2D eigenvalue weighted by molar-refractivity contribution is -0.157. The van der Waals surface area contributed by atoms with Gasteiger partial charge in [0, 0.05) is 0 Å². The number of hydrogen-bond acceptors (Lipinski definition) is 3. The van der Waals surface area contributed by atoms with E-state index in [1.165, 1.54) is 5.57 Å². The third kappa shape index (κ3) is 11.4. The van der Waals surface area contributed by atoms with E-state index in [-0.39, 0.29) is 12.4 Å². The summed E-state index contributed by atoms with van der Waals surface area (Å²) in [5, 5.41) is 9.66. The van der Waals surface area contributed by atoms with E-state index in [1.807, 2.05) is 20.8 Å². The van der Waals surface area contributed by atoms with Gasteiger partial charge < -0.3 is 9.84 Å². The Labute approximate surface area is 105 Å². The Bertz CT molecular complexity index is 257. The van der Waals surface area contributed by atoms with Crippen LogP contribution in [0.15, 0.2) is 11.6 Å². The van der Waals surface area contributed by atoms with Crippen LogP contribution in [-0.2, 0) is 9.53 Å². The van der Waals surface area contributed by atoms with Crippen LogP contribution in [0.1, 0.15) is 60.3 Å². The van der Waals surface area contributed by atoms with Gasteiger partial charge in [-0.15, -0.1) is 0 Å². The number of esters is 1. The highest BCUT2D eigenvalue weighted by Gasteiger charge is 2.18. The summed E-state index contributed by atoms with van der Waals surface area (Å²) in [6.45, 7) is 9.58. The van der Waals surface area contributed by atoms with Gasteiger partial charge in [0.05, 0.1) is 12.5 Å². The molecule has 1 N–H and O–H groups in total. The van der Waals surface area contributed by atoms with Gasteiger partial charge in [-0.1, -0.05) is 11.6 Å². The van der Waals surface area contributed by atoms with E-state index in [2.05, 4.69) is 19.9 Å². The summed E-state index contributed by atoms with van der Waals surface area (Å²) in [5.41, 5.74) is 0.811. The minimum atomic E-state index is -0.588. The second-order valence-electron chi connectivity index (χ2n) is 5.66. The fourth-order valence-corrected chi connectivity index (χ4v) is 1.42. The number of aliphatic hydroxyl groups is 1. The molecule has 1 atom stereocenters. The number of carbonyl (C=O) groups excluding carboxylic acids is 1. The first-order chi connectivity index (χ1) is 7.70. The summed E-state index contributed by atoms with van der Waals surface area (Å²) >= 11 is 0. The molecule has 0 saturated heterocycles. The Balaban J connectivity index is 3.75. The molecule has 0 aromatic heterocycles. The normalized spacial score (nSPS) is 13.1. The highest BCUT2D eigenvalue weighted by atomic mass is 16.6. The monoisotopic (exact) mass is 242 g/mol. The molecule has 0 aliphatic carbocycles. The van der Waals surface area contributed by atoms with E-state index in [1.54, 1.807) is 0 Å². The van der Waals surface area contributed by atoms with E-state index in [0.29, 0.717) is 6.42 Å². The Morgan fingerprint density at radius 2 is 1.94 bits per heavy atom. The Morgan fingerprint density at radius 3 is 2.41 bits per heavy atom. The summed E-state index contributed by atoms with van der Waals surface area (Å²) in [6.07, 6.45) is 4.13. The number of carbonyl (C=O) groups is 1. The minimum Gasteiger partial charge on any atom is -0.460 e. The zero-order valence-corrected chi connectivity index (χ0v) is 11.7. The smallest absolute Gasteiger partial charge is 0.308 e. The topological polar surface area (TPSA) is 46.5 Å². The number of aliphatic hydroxyl groups excluding tert-OH is 1. The van der Waals surface area contributed by atoms with Gasteiger partial charge in [0.2, 0.25) is 0 Å². The number of ether oxygens (including phenoxy) is 1. The fraction of sp³-hybridized carbons (Fsp3) is 0.786. The number of allylic oxidation sites excluding steroid dienone is 2. The SMILES string of the molecule is CC(C)=CCCC[C@H](O)CC(=O)OC(C)(C)C. The number of hydrogen-bond donors (Lipinski definition) is 1. The van der Waals surface area contributed by atoms with E-state index >= 15 is 0 Å². The largest absolute Gasteiger partial charge is 0.460 e. The summed E-state index contributed by atoms with van der Waals surface area (Å²) < 4.78 is 5.14. The van der Waals surface area contributed by atoms with E-state index in [4.69, 9.17) is 4.74 Å². The third-order valence-corrected chi connectivity index (χ3v) is 2.12. The van der Waals surface area contributed by atoms with Crippen molar-refractivity contribution >= 4 is 5.97 Å². The average molecular weight is 242 g/mol. The molecule has 0 amide bonds. The maximum Gasteiger partial charge on any atom is 0.308 e. The standard InChI is InChI=1S/C14H26O3/c1-11(2)8-6-7-9-12(15)10-13(16)17-14(3,4)5/h8,12,15H,6-7,9-10H2,1-5H3/t12-/m0/s1. The van der Waals surface area contributed by atoms with Crippen LogP contribution >= 0.6 is 0 Å². The van der Waals surface area contributed by atoms with Crippen molar-refractivity contribution in [2.75, 3.05) is 0 Å². The number of unbranched alkanes of at least 4 members (excludes halogenated alkanes) is 1. The third-order valence-electron chi connectivity index (χ3n) is 2.12. The quantitative estimate of drug-likeness (QED) is 0.442. The van der Waals surface area contributed by atoms with Crippen molar-refractivity contribution in [3.63, 3.8) is 0 Å². The van der Waals surface area contributed by atoms with Gasteiger partial charge in [-0.3, -0.25) is 4.79 Å². The van der Waals surface area contributed by atoms with E-state index in [9.17, 15) is 9.90 Å². The lowest BCUT2D eigenvalue weighted by Gasteiger charge is -2.20. The molecule has 0 aromatic rings. The molecule has 3 heteroatoms. The average Bonchev–Trinajstić information content (AvgIpc) is 2.08. The second kappa shape index (κ2) is 7.49. The molecule has 0 bridgehead atoms. The lowest BCUT2D eigenvalue weighted by atomic mass is 10.1. The zero-order valence-electron chi connectivity index (χ0n) is 11.7. The van der Waals surface area contributed by atoms with Gasteiger partial charge in [0.1, 0.15) is 5.60 Å². The first-order valence-electron chi connectivity index (χ1n) is 6.24. The summed E-state index contributed by atoms with van der Waals surface area (Å²) in [7, 11) is 0. The molecule has 0 aliphatic rings. The predicted molar refractivity (Wildman–Crippen MR) is 69.8 cm³/mol. The molecule has 0 radical (unpaired) electrons. The maximum atomic E-state index is 11.4. The van der Waals surface area contributed by atoms with Crippen LogP contribution in [0.3, 0.4) is 0 Å². The van der Waals surface area contributed by atoms with Crippen molar-refractivity contribution in [2.45, 2.75) is 72.0 Å². The van der Waals surface area contributed by atoms with Crippen LogP contribution in [0.2, 0.25) is 0 Å². The molecule has 0 rings (SSSR count). The summed E-state index contributed by atoms with van der Waals surface area (Å²) in [5.74, 6) is -0.327. The van der Waals surface area contributed by atoms with Gasteiger partial charge in [-0.2, -0.15) is 0 Å². The molecule has 0 fully saturated rings. The lowest BCUT2D eigenvalue weighted by Crippen LogP contribution is -2.26. The Morgan fingerprint density at radius 1 is 1.35 bits per heavy atom. The molecule has 0 spiro atoms. The van der Waals surface area contributed by atoms with E-state index in [0.717, 1.165) is 12.8 Å². The van der Waals surface area contributed by atoms with Gasteiger partial charge in [0.15, 0.2) is 0 Å². The maximum absolute atomic E-state index is 11.4. The molecule has 0 aliphatic heterocycles. The highest BCUT2D eigenvalue weighted by molar-refractivity contribution is 5.70. The Hall–Kier alpha value is -0.830. The van der Waals surface area contributed by atoms with Gasteiger partial charge in [-0.25, -0.2) is 0 Å². The van der Waals surface area contributed by atoms with Crippen molar-refractivity contribution in [1.29, 1.82) is 0 Å². The van der Waals surface area contributed by atoms with Crippen molar-refractivity contribution in [1.82, 2.24) is 0 Å². The van der Waals surface area contributed by atoms with Crippen molar-refractivity contribution in [3.05, 3.63) is 11.6 Å². The van der Waals surface area contributed by atoms with Crippen molar-refractivity contribution < 1.29 is 14.6 Å². The first kappa shape index (κ1) is 16.2. The molecule has 0 heterocycles.